The van der Waals surface area contributed by atoms with Crippen LogP contribution in [-0.2, 0) is 9.59 Å². The topological polar surface area (TPSA) is 74.0 Å². The number of benzene rings is 1. The van der Waals surface area contributed by atoms with Gasteiger partial charge in [0.05, 0.1) is 17.9 Å². The third-order valence-corrected chi connectivity index (χ3v) is 6.24. The number of hydrogen-bond acceptors (Lipinski definition) is 6. The maximum atomic E-state index is 13.1. The molecule has 1 aromatic carbocycles. The van der Waals surface area contributed by atoms with E-state index >= 15 is 0 Å². The molecule has 7 heteroatoms. The number of Topliss-reactive ketones (excluding diaryl/α,β-unsaturated/α-hetero) is 1. The van der Waals surface area contributed by atoms with Crippen LogP contribution in [0.5, 0.6) is 0 Å². The molecule has 0 unspecified atom stereocenters. The summed E-state index contributed by atoms with van der Waals surface area (Å²) in [6.45, 7) is 0.287. The van der Waals surface area contributed by atoms with Crippen LogP contribution >= 0.6 is 11.3 Å². The van der Waals surface area contributed by atoms with Gasteiger partial charge in [-0.15, -0.1) is 11.3 Å². The van der Waals surface area contributed by atoms with Crippen LogP contribution in [0.1, 0.15) is 28.3 Å². The highest BCUT2D eigenvalue weighted by Crippen LogP contribution is 2.41. The minimum Gasteiger partial charge on any atom is -0.507 e. The van der Waals surface area contributed by atoms with Gasteiger partial charge < -0.3 is 19.3 Å². The van der Waals surface area contributed by atoms with Gasteiger partial charge >= 0.3 is 0 Å². The number of likely N-dealkylation sites (tertiary alicyclic amines) is 1. The van der Waals surface area contributed by atoms with Crippen molar-refractivity contribution in [2.45, 2.75) is 12.1 Å². The molecule has 0 aliphatic carbocycles. The van der Waals surface area contributed by atoms with E-state index in [1.807, 2.05) is 42.6 Å². The Labute approximate surface area is 178 Å². The summed E-state index contributed by atoms with van der Waals surface area (Å²) >= 11 is 1.60. The van der Waals surface area contributed by atoms with Crippen molar-refractivity contribution in [3.63, 3.8) is 0 Å². The van der Waals surface area contributed by atoms with Gasteiger partial charge in [-0.3, -0.25) is 9.59 Å². The van der Waals surface area contributed by atoms with Crippen LogP contribution in [0.2, 0.25) is 0 Å². The third-order valence-electron chi connectivity index (χ3n) is 5.26. The largest absolute Gasteiger partial charge is 0.507 e. The molecule has 1 aliphatic rings. The van der Waals surface area contributed by atoms with Gasteiger partial charge in [-0.05, 0) is 37.7 Å². The molecule has 154 valence electrons. The van der Waals surface area contributed by atoms with E-state index in [1.165, 1.54) is 11.2 Å². The Morgan fingerprint density at radius 1 is 1.13 bits per heavy atom. The van der Waals surface area contributed by atoms with Gasteiger partial charge in [0.1, 0.15) is 17.6 Å². The Morgan fingerprint density at radius 2 is 1.90 bits per heavy atom. The molecule has 2 atom stereocenters. The van der Waals surface area contributed by atoms with Gasteiger partial charge in [0, 0.05) is 17.0 Å². The summed E-state index contributed by atoms with van der Waals surface area (Å²) in [5, 5.41) is 12.9. The van der Waals surface area contributed by atoms with Crippen LogP contribution in [0.15, 0.2) is 76.2 Å². The molecule has 0 radical (unpaired) electrons. The van der Waals surface area contributed by atoms with Crippen LogP contribution in [0.25, 0.3) is 5.76 Å². The molecule has 4 rings (SSSR count). The summed E-state index contributed by atoms with van der Waals surface area (Å²) in [6, 6.07) is 15.3. The SMILES string of the molecule is CN(C)[C@H](CN1C(=O)C(=O)C(=C(O)c2ccccc2)[C@@H]1c1ccco1)c1cccs1. The second-order valence-electron chi connectivity index (χ2n) is 7.33. The summed E-state index contributed by atoms with van der Waals surface area (Å²) in [6.07, 6.45) is 1.50. The Bertz CT molecular complexity index is 1060. The van der Waals surface area contributed by atoms with Crippen LogP contribution in [0.3, 0.4) is 0 Å². The summed E-state index contributed by atoms with van der Waals surface area (Å²) in [7, 11) is 3.87. The number of furan rings is 1. The average molecular weight is 423 g/mol. The summed E-state index contributed by atoms with van der Waals surface area (Å²) < 4.78 is 5.59. The predicted molar refractivity (Wildman–Crippen MR) is 115 cm³/mol. The van der Waals surface area contributed by atoms with E-state index in [0.29, 0.717) is 11.3 Å². The molecule has 1 aliphatic heterocycles. The summed E-state index contributed by atoms with van der Waals surface area (Å²) in [5.41, 5.74) is 0.527. The number of aliphatic hydroxyl groups excluding tert-OH is 1. The van der Waals surface area contributed by atoms with E-state index in [4.69, 9.17) is 4.42 Å². The molecule has 0 saturated carbocycles. The molecule has 2 aromatic heterocycles. The van der Waals surface area contributed by atoms with Crippen molar-refractivity contribution < 1.29 is 19.1 Å². The average Bonchev–Trinajstić information content (AvgIpc) is 3.50. The van der Waals surface area contributed by atoms with E-state index in [2.05, 4.69) is 0 Å². The summed E-state index contributed by atoms with van der Waals surface area (Å²) in [4.78, 5) is 30.7. The number of carbonyl (C=O) groups is 2. The highest BCUT2D eigenvalue weighted by atomic mass is 32.1. The van der Waals surface area contributed by atoms with Crippen molar-refractivity contribution in [1.82, 2.24) is 9.80 Å². The molecule has 6 nitrogen and oxygen atoms in total. The quantitative estimate of drug-likeness (QED) is 0.368. The van der Waals surface area contributed by atoms with Crippen LogP contribution < -0.4 is 0 Å². The lowest BCUT2D eigenvalue weighted by atomic mass is 9.99. The van der Waals surface area contributed by atoms with Gasteiger partial charge in [-0.25, -0.2) is 0 Å². The normalized spacial score (nSPS) is 19.6. The Kier molecular flexibility index (Phi) is 5.57. The molecular formula is C23H22N2O4S. The molecule has 1 N–H and O–H groups in total. The predicted octanol–water partition coefficient (Wildman–Crippen LogP) is 4.07. The molecule has 3 aromatic rings. The first-order valence-corrected chi connectivity index (χ1v) is 10.4. The third kappa shape index (κ3) is 3.58. The number of hydrogen-bond donors (Lipinski definition) is 1. The van der Waals surface area contributed by atoms with Crippen LogP contribution in [0, 0.1) is 0 Å². The standard InChI is InChI=1S/C23H22N2O4S/c1-24(2)16(18-11-7-13-30-18)14-25-20(17-10-6-12-29-17)19(22(27)23(25)28)21(26)15-8-4-3-5-9-15/h3-13,16,20,26H,14H2,1-2H3/t16-,20+/m1/s1. The van der Waals surface area contributed by atoms with E-state index in [-0.39, 0.29) is 23.9 Å². The first-order chi connectivity index (χ1) is 14.5. The van der Waals surface area contributed by atoms with Gasteiger partial charge in [0.2, 0.25) is 0 Å². The number of amides is 1. The van der Waals surface area contributed by atoms with Gasteiger partial charge in [-0.1, -0.05) is 36.4 Å². The fourth-order valence-electron chi connectivity index (χ4n) is 3.74. The monoisotopic (exact) mass is 422 g/mol. The summed E-state index contributed by atoms with van der Waals surface area (Å²) in [5.74, 6) is -1.11. The number of nitrogens with zero attached hydrogens (tertiary/aromatic N) is 2. The maximum absolute atomic E-state index is 13.1. The second kappa shape index (κ2) is 8.30. The fraction of sp³-hybridized carbons (Fsp3) is 0.217. The van der Waals surface area contributed by atoms with E-state index in [0.717, 1.165) is 4.88 Å². The van der Waals surface area contributed by atoms with Crippen molar-refractivity contribution in [2.24, 2.45) is 0 Å². The minimum atomic E-state index is -0.789. The van der Waals surface area contributed by atoms with Gasteiger partial charge in [0.25, 0.3) is 11.7 Å². The number of likely N-dealkylation sites (N-methyl/N-ethyl adjacent to an activating group) is 1. The second-order valence-corrected chi connectivity index (χ2v) is 8.31. The Morgan fingerprint density at radius 3 is 2.50 bits per heavy atom. The number of rotatable bonds is 6. The zero-order valence-corrected chi connectivity index (χ0v) is 17.5. The Hall–Kier alpha value is -3.16. The van der Waals surface area contributed by atoms with E-state index in [9.17, 15) is 14.7 Å². The van der Waals surface area contributed by atoms with E-state index < -0.39 is 17.7 Å². The molecular weight excluding hydrogens is 400 g/mol. The molecule has 1 amide bonds. The van der Waals surface area contributed by atoms with Gasteiger partial charge in [-0.2, -0.15) is 0 Å². The van der Waals surface area contributed by atoms with Crippen molar-refractivity contribution in [1.29, 1.82) is 0 Å². The highest BCUT2D eigenvalue weighted by molar-refractivity contribution is 7.10. The van der Waals surface area contributed by atoms with Crippen molar-refractivity contribution in [3.05, 3.63) is 88.0 Å². The first-order valence-electron chi connectivity index (χ1n) is 9.56. The molecule has 1 saturated heterocycles. The smallest absolute Gasteiger partial charge is 0.295 e. The lowest BCUT2D eigenvalue weighted by Gasteiger charge is -2.31. The lowest BCUT2D eigenvalue weighted by molar-refractivity contribution is -0.140. The molecule has 30 heavy (non-hydrogen) atoms. The minimum absolute atomic E-state index is 0.0461. The van der Waals surface area contributed by atoms with Crippen molar-refractivity contribution >= 4 is 28.8 Å². The molecule has 0 bridgehead atoms. The zero-order chi connectivity index (χ0) is 21.3. The Balaban J connectivity index is 1.80. The number of aliphatic hydroxyl groups is 1. The first kappa shape index (κ1) is 20.1. The zero-order valence-electron chi connectivity index (χ0n) is 16.7. The number of thiophene rings is 1. The van der Waals surface area contributed by atoms with Crippen LogP contribution in [0.4, 0.5) is 0 Å². The fourth-order valence-corrected chi connectivity index (χ4v) is 4.65. The van der Waals surface area contributed by atoms with Gasteiger partial charge in [0.15, 0.2) is 0 Å². The highest BCUT2D eigenvalue weighted by Gasteiger charge is 2.48. The lowest BCUT2D eigenvalue weighted by Crippen LogP contribution is -2.37. The maximum Gasteiger partial charge on any atom is 0.295 e. The van der Waals surface area contributed by atoms with Crippen molar-refractivity contribution in [2.75, 3.05) is 20.6 Å². The molecule has 1 fully saturated rings. The van der Waals surface area contributed by atoms with E-state index in [1.54, 1.807) is 47.7 Å². The number of carbonyl (C=O) groups excluding carboxylic acids is 2. The van der Waals surface area contributed by atoms with Crippen LogP contribution in [-0.4, -0.2) is 47.2 Å². The number of ketones is 1. The molecule has 0 spiro atoms. The van der Waals surface area contributed by atoms with Crippen molar-refractivity contribution in [3.8, 4) is 0 Å². The molecule has 3 heterocycles.